The summed E-state index contributed by atoms with van der Waals surface area (Å²) in [6.07, 6.45) is 0. The van der Waals surface area contributed by atoms with Crippen LogP contribution in [0.25, 0.3) is 5.52 Å². The van der Waals surface area contributed by atoms with E-state index in [-0.39, 0.29) is 5.54 Å². The molecule has 2 aromatic heterocycles. The van der Waals surface area contributed by atoms with Gasteiger partial charge in [-0.05, 0) is 46.0 Å². The summed E-state index contributed by atoms with van der Waals surface area (Å²) in [6.45, 7) is 6.29. The number of aryl methyl sites for hydroxylation is 1. The van der Waals surface area contributed by atoms with Crippen LogP contribution in [0.2, 0.25) is 0 Å². The van der Waals surface area contributed by atoms with Crippen LogP contribution in [0.15, 0.2) is 24.3 Å². The van der Waals surface area contributed by atoms with Gasteiger partial charge in [0.2, 0.25) is 0 Å². The first-order valence-electron chi connectivity index (χ1n) is 5.72. The summed E-state index contributed by atoms with van der Waals surface area (Å²) in [7, 11) is 1.93. The van der Waals surface area contributed by atoms with Crippen LogP contribution in [0.5, 0.6) is 0 Å². The maximum absolute atomic E-state index is 9.19. The minimum absolute atomic E-state index is 0.163. The molecule has 0 fully saturated rings. The van der Waals surface area contributed by atoms with Gasteiger partial charge < -0.3 is 9.72 Å². The van der Waals surface area contributed by atoms with Crippen molar-refractivity contribution in [1.82, 2.24) is 9.72 Å². The van der Waals surface area contributed by atoms with Crippen molar-refractivity contribution in [2.24, 2.45) is 0 Å². The number of fused-ring (bicyclic) bond motifs is 1. The van der Waals surface area contributed by atoms with E-state index in [0.717, 1.165) is 22.5 Å². The van der Waals surface area contributed by atoms with E-state index in [0.29, 0.717) is 0 Å². The topological polar surface area (TPSA) is 40.2 Å². The molecule has 3 heteroatoms. The Morgan fingerprint density at radius 1 is 1.35 bits per heavy atom. The summed E-state index contributed by atoms with van der Waals surface area (Å²) in [5.41, 5.74) is 3.80. The van der Waals surface area contributed by atoms with Gasteiger partial charge in [-0.3, -0.25) is 0 Å². The Kier molecular flexibility index (Phi) is 2.68. The van der Waals surface area contributed by atoms with Gasteiger partial charge in [-0.1, -0.05) is 6.07 Å². The van der Waals surface area contributed by atoms with Crippen molar-refractivity contribution in [3.8, 4) is 6.07 Å². The second-order valence-electron chi connectivity index (χ2n) is 4.82. The van der Waals surface area contributed by atoms with Crippen molar-refractivity contribution in [2.45, 2.75) is 26.3 Å². The van der Waals surface area contributed by atoms with Crippen molar-refractivity contribution in [1.29, 1.82) is 5.26 Å². The second kappa shape index (κ2) is 3.90. The number of rotatable bonds is 2. The highest BCUT2D eigenvalue weighted by Crippen LogP contribution is 2.26. The molecule has 2 rings (SSSR count). The zero-order chi connectivity index (χ0) is 12.6. The van der Waals surface area contributed by atoms with Crippen molar-refractivity contribution in [3.05, 3.63) is 41.2 Å². The van der Waals surface area contributed by atoms with Crippen molar-refractivity contribution < 1.29 is 0 Å². The molecule has 2 heterocycles. The highest BCUT2D eigenvalue weighted by atomic mass is 15.0. The third-order valence-corrected chi connectivity index (χ3v) is 3.37. The molecule has 3 nitrogen and oxygen atoms in total. The van der Waals surface area contributed by atoms with Crippen LogP contribution in [0.3, 0.4) is 0 Å². The van der Waals surface area contributed by atoms with E-state index >= 15 is 0 Å². The van der Waals surface area contributed by atoms with E-state index in [1.165, 1.54) is 0 Å². The van der Waals surface area contributed by atoms with E-state index in [4.69, 9.17) is 0 Å². The number of pyridine rings is 1. The quantitative estimate of drug-likeness (QED) is 0.856. The molecule has 2 aromatic rings. The minimum Gasteiger partial charge on any atom is -0.315 e. The molecular formula is C14H17N3. The summed E-state index contributed by atoms with van der Waals surface area (Å²) < 4.78 is 2.15. The van der Waals surface area contributed by atoms with Crippen LogP contribution in [0.4, 0.5) is 0 Å². The number of hydrogen-bond donors (Lipinski definition) is 1. The van der Waals surface area contributed by atoms with Gasteiger partial charge in [0.05, 0.1) is 16.6 Å². The average molecular weight is 227 g/mol. The zero-order valence-electron chi connectivity index (χ0n) is 10.7. The number of aromatic nitrogens is 1. The van der Waals surface area contributed by atoms with E-state index in [1.807, 2.05) is 25.2 Å². The third kappa shape index (κ3) is 1.71. The lowest BCUT2D eigenvalue weighted by Crippen LogP contribution is -2.34. The number of nitrogens with one attached hydrogen (secondary N) is 1. The van der Waals surface area contributed by atoms with Crippen LogP contribution in [0.1, 0.15) is 30.8 Å². The molecule has 1 N–H and O–H groups in total. The third-order valence-electron chi connectivity index (χ3n) is 3.37. The fourth-order valence-electron chi connectivity index (χ4n) is 2.10. The minimum atomic E-state index is -0.163. The molecule has 0 unspecified atom stereocenters. The maximum atomic E-state index is 9.19. The van der Waals surface area contributed by atoms with Gasteiger partial charge in [0.15, 0.2) is 0 Å². The smallest absolute Gasteiger partial charge is 0.101 e. The van der Waals surface area contributed by atoms with E-state index in [2.05, 4.69) is 42.6 Å². The van der Waals surface area contributed by atoms with Gasteiger partial charge in [-0.15, -0.1) is 0 Å². The molecular weight excluding hydrogens is 210 g/mol. The first-order chi connectivity index (χ1) is 8.01. The fourth-order valence-corrected chi connectivity index (χ4v) is 2.10. The highest BCUT2D eigenvalue weighted by molar-refractivity contribution is 5.64. The molecule has 0 bridgehead atoms. The van der Waals surface area contributed by atoms with Gasteiger partial charge in [-0.2, -0.15) is 5.26 Å². The van der Waals surface area contributed by atoms with E-state index < -0.39 is 0 Å². The highest BCUT2D eigenvalue weighted by Gasteiger charge is 2.24. The Balaban J connectivity index is 2.86. The lowest BCUT2D eigenvalue weighted by molar-refractivity contribution is 0.427. The number of hydrogen-bond acceptors (Lipinski definition) is 2. The van der Waals surface area contributed by atoms with Crippen LogP contribution in [0, 0.1) is 18.3 Å². The molecule has 0 aliphatic heterocycles. The number of nitrogens with zero attached hydrogens (tertiary/aromatic N) is 2. The summed E-state index contributed by atoms with van der Waals surface area (Å²) >= 11 is 0. The summed E-state index contributed by atoms with van der Waals surface area (Å²) in [6, 6.07) is 10.3. The van der Waals surface area contributed by atoms with Crippen molar-refractivity contribution in [3.63, 3.8) is 0 Å². The molecule has 0 aromatic carbocycles. The molecule has 17 heavy (non-hydrogen) atoms. The van der Waals surface area contributed by atoms with Crippen molar-refractivity contribution in [2.75, 3.05) is 7.05 Å². The molecule has 0 aliphatic carbocycles. The van der Waals surface area contributed by atoms with Gasteiger partial charge in [0, 0.05) is 11.4 Å². The van der Waals surface area contributed by atoms with Gasteiger partial charge in [0.1, 0.15) is 6.07 Å². The first-order valence-corrected chi connectivity index (χ1v) is 5.72. The van der Waals surface area contributed by atoms with E-state index in [9.17, 15) is 5.26 Å². The molecule has 0 saturated carbocycles. The molecule has 88 valence electrons. The Bertz CT molecular complexity index is 600. The zero-order valence-corrected chi connectivity index (χ0v) is 10.7. The first kappa shape index (κ1) is 11.7. The largest absolute Gasteiger partial charge is 0.315 e. The van der Waals surface area contributed by atoms with Crippen LogP contribution in [-0.2, 0) is 5.54 Å². The molecule has 0 saturated heterocycles. The lowest BCUT2D eigenvalue weighted by Gasteiger charge is -2.25. The lowest BCUT2D eigenvalue weighted by atomic mass is 10.0. The predicted octanol–water partition coefficient (Wildman–Crippen LogP) is 2.57. The molecule has 0 amide bonds. The van der Waals surface area contributed by atoms with Crippen LogP contribution in [-0.4, -0.2) is 11.4 Å². The second-order valence-corrected chi connectivity index (χ2v) is 4.82. The summed E-state index contributed by atoms with van der Waals surface area (Å²) in [5.74, 6) is 0. The molecule has 0 aliphatic rings. The molecule has 0 atom stereocenters. The predicted molar refractivity (Wildman–Crippen MR) is 68.9 cm³/mol. The van der Waals surface area contributed by atoms with Crippen molar-refractivity contribution >= 4 is 5.52 Å². The normalized spacial score (nSPS) is 11.7. The molecule has 0 spiro atoms. The SMILES string of the molecule is CNC(C)(C)c1cc(C#N)c2cccc(C)n12. The summed E-state index contributed by atoms with van der Waals surface area (Å²) in [4.78, 5) is 0. The molecule has 0 radical (unpaired) electrons. The maximum Gasteiger partial charge on any atom is 0.101 e. The monoisotopic (exact) mass is 227 g/mol. The van der Waals surface area contributed by atoms with Gasteiger partial charge >= 0.3 is 0 Å². The Morgan fingerprint density at radius 3 is 2.65 bits per heavy atom. The van der Waals surface area contributed by atoms with Gasteiger partial charge in [-0.25, -0.2) is 0 Å². The standard InChI is InChI=1S/C14H17N3/c1-10-6-5-7-12-11(9-15)8-13(17(10)12)14(2,3)16-4/h5-8,16H,1-4H3. The van der Waals surface area contributed by atoms with Crippen LogP contribution < -0.4 is 5.32 Å². The van der Waals surface area contributed by atoms with E-state index in [1.54, 1.807) is 0 Å². The average Bonchev–Trinajstić information content (AvgIpc) is 2.70. The Morgan fingerprint density at radius 2 is 2.06 bits per heavy atom. The number of nitriles is 1. The Labute approximate surface area is 102 Å². The van der Waals surface area contributed by atoms with Crippen LogP contribution >= 0.6 is 0 Å². The van der Waals surface area contributed by atoms with Gasteiger partial charge in [0.25, 0.3) is 0 Å². The Hall–Kier alpha value is -1.79. The summed E-state index contributed by atoms with van der Waals surface area (Å²) in [5, 5.41) is 12.5. The fraction of sp³-hybridized carbons (Fsp3) is 0.357.